The number of H-pyrrole nitrogens is 1. The largest absolute Gasteiger partial charge is 0.341 e. The van der Waals surface area contributed by atoms with E-state index in [1.54, 1.807) is 24.9 Å². The predicted octanol–water partition coefficient (Wildman–Crippen LogP) is 1.21. The third kappa shape index (κ3) is 2.95. The number of aromatic nitrogens is 3. The van der Waals surface area contributed by atoms with Crippen molar-refractivity contribution in [1.29, 1.82) is 0 Å². The first-order valence-electron chi connectivity index (χ1n) is 7.49. The lowest BCUT2D eigenvalue weighted by Crippen LogP contribution is -2.35. The highest BCUT2D eigenvalue weighted by Crippen LogP contribution is 2.20. The maximum atomic E-state index is 12.5. The summed E-state index contributed by atoms with van der Waals surface area (Å²) in [6.45, 7) is 3.35. The van der Waals surface area contributed by atoms with Gasteiger partial charge < -0.3 is 14.5 Å². The number of amides is 1. The molecular formula is C16H20N4O2. The number of pyridine rings is 1. The number of nitrogens with one attached hydrogen (secondary N) is 1. The van der Waals surface area contributed by atoms with Crippen LogP contribution in [-0.4, -0.2) is 38.9 Å². The molecule has 1 aliphatic rings. The summed E-state index contributed by atoms with van der Waals surface area (Å²) in [6, 6.07) is 3.08. The van der Waals surface area contributed by atoms with Crippen LogP contribution < -0.4 is 5.56 Å². The SMILES string of the molecule is Cc1cc(C(=O)N(C)CC2CCc3nccn3C2)cc(=O)[nH]1. The molecule has 0 fully saturated rings. The van der Waals surface area contributed by atoms with Crippen molar-refractivity contribution < 1.29 is 4.79 Å². The van der Waals surface area contributed by atoms with Gasteiger partial charge in [0.2, 0.25) is 5.56 Å². The second-order valence-electron chi connectivity index (χ2n) is 6.00. The van der Waals surface area contributed by atoms with E-state index in [4.69, 9.17) is 0 Å². The molecule has 3 rings (SSSR count). The summed E-state index contributed by atoms with van der Waals surface area (Å²) >= 11 is 0. The van der Waals surface area contributed by atoms with Crippen molar-refractivity contribution in [3.05, 3.63) is 52.0 Å². The van der Waals surface area contributed by atoms with Crippen LogP contribution in [0.1, 0.15) is 28.3 Å². The molecule has 0 aromatic carbocycles. The number of nitrogens with zero attached hydrogens (tertiary/aromatic N) is 3. The van der Waals surface area contributed by atoms with E-state index >= 15 is 0 Å². The molecule has 0 radical (unpaired) electrons. The zero-order valence-electron chi connectivity index (χ0n) is 12.9. The minimum absolute atomic E-state index is 0.106. The molecule has 116 valence electrons. The van der Waals surface area contributed by atoms with Gasteiger partial charge in [0.15, 0.2) is 0 Å². The van der Waals surface area contributed by atoms with E-state index in [1.807, 2.05) is 12.4 Å². The van der Waals surface area contributed by atoms with Gasteiger partial charge in [0.1, 0.15) is 5.82 Å². The van der Waals surface area contributed by atoms with Crippen LogP contribution in [-0.2, 0) is 13.0 Å². The summed E-state index contributed by atoms with van der Waals surface area (Å²) in [5, 5.41) is 0. The first-order valence-corrected chi connectivity index (χ1v) is 7.49. The Morgan fingerprint density at radius 1 is 1.50 bits per heavy atom. The van der Waals surface area contributed by atoms with E-state index in [1.165, 1.54) is 6.07 Å². The van der Waals surface area contributed by atoms with Crippen molar-refractivity contribution in [2.75, 3.05) is 13.6 Å². The van der Waals surface area contributed by atoms with Crippen LogP contribution in [0.25, 0.3) is 0 Å². The van der Waals surface area contributed by atoms with E-state index in [-0.39, 0.29) is 11.5 Å². The molecule has 6 heteroatoms. The molecular weight excluding hydrogens is 280 g/mol. The molecule has 2 aromatic rings. The fraction of sp³-hybridized carbons (Fsp3) is 0.438. The number of rotatable bonds is 3. The van der Waals surface area contributed by atoms with Gasteiger partial charge in [0.25, 0.3) is 5.91 Å². The van der Waals surface area contributed by atoms with Crippen LogP contribution in [0.4, 0.5) is 0 Å². The van der Waals surface area contributed by atoms with Gasteiger partial charge in [-0.05, 0) is 25.3 Å². The molecule has 0 aliphatic carbocycles. The summed E-state index contributed by atoms with van der Waals surface area (Å²) in [4.78, 5) is 32.7. The lowest BCUT2D eigenvalue weighted by Gasteiger charge is -2.28. The van der Waals surface area contributed by atoms with Gasteiger partial charge in [-0.1, -0.05) is 0 Å². The van der Waals surface area contributed by atoms with Crippen molar-refractivity contribution in [3.63, 3.8) is 0 Å². The predicted molar refractivity (Wildman–Crippen MR) is 82.8 cm³/mol. The molecule has 0 bridgehead atoms. The number of fused-ring (bicyclic) bond motifs is 1. The first-order chi connectivity index (χ1) is 10.5. The molecule has 6 nitrogen and oxygen atoms in total. The van der Waals surface area contributed by atoms with Gasteiger partial charge in [0.05, 0.1) is 0 Å². The molecule has 2 aromatic heterocycles. The van der Waals surface area contributed by atoms with Crippen LogP contribution >= 0.6 is 0 Å². The Morgan fingerprint density at radius 2 is 2.32 bits per heavy atom. The van der Waals surface area contributed by atoms with Crippen LogP contribution in [0.3, 0.4) is 0 Å². The van der Waals surface area contributed by atoms with Crippen molar-refractivity contribution in [3.8, 4) is 0 Å². The number of aromatic amines is 1. The summed E-state index contributed by atoms with van der Waals surface area (Å²) in [5.74, 6) is 1.43. The minimum atomic E-state index is -0.238. The summed E-state index contributed by atoms with van der Waals surface area (Å²) < 4.78 is 2.16. The topological polar surface area (TPSA) is 71.0 Å². The quantitative estimate of drug-likeness (QED) is 0.926. The zero-order valence-corrected chi connectivity index (χ0v) is 12.9. The normalized spacial score (nSPS) is 17.1. The third-order valence-corrected chi connectivity index (χ3v) is 4.14. The highest BCUT2D eigenvalue weighted by molar-refractivity contribution is 5.94. The molecule has 1 aliphatic heterocycles. The van der Waals surface area contributed by atoms with Crippen LogP contribution in [0.2, 0.25) is 0 Å². The molecule has 22 heavy (non-hydrogen) atoms. The molecule has 1 atom stereocenters. The summed E-state index contributed by atoms with van der Waals surface area (Å²) in [5.41, 5.74) is 0.908. The van der Waals surface area contributed by atoms with Crippen molar-refractivity contribution in [1.82, 2.24) is 19.4 Å². The smallest absolute Gasteiger partial charge is 0.253 e. The van der Waals surface area contributed by atoms with Gasteiger partial charge in [0, 0.05) is 56.3 Å². The van der Waals surface area contributed by atoms with Crippen molar-refractivity contribution in [2.24, 2.45) is 5.92 Å². The Bertz CT molecular complexity index is 747. The fourth-order valence-electron chi connectivity index (χ4n) is 3.08. The minimum Gasteiger partial charge on any atom is -0.341 e. The van der Waals surface area contributed by atoms with E-state index in [0.29, 0.717) is 23.7 Å². The Balaban J connectivity index is 1.68. The zero-order chi connectivity index (χ0) is 15.7. The number of carbonyl (C=O) groups excluding carboxylic acids is 1. The van der Waals surface area contributed by atoms with Crippen LogP contribution in [0.15, 0.2) is 29.3 Å². The molecule has 3 heterocycles. The molecule has 1 unspecified atom stereocenters. The first kappa shape index (κ1) is 14.6. The second-order valence-corrected chi connectivity index (χ2v) is 6.00. The number of hydrogen-bond donors (Lipinski definition) is 1. The molecule has 0 saturated carbocycles. The number of carbonyl (C=O) groups is 1. The maximum absolute atomic E-state index is 12.5. The number of imidazole rings is 1. The monoisotopic (exact) mass is 300 g/mol. The molecule has 1 amide bonds. The number of aryl methyl sites for hydroxylation is 2. The molecule has 0 saturated heterocycles. The Labute approximate surface area is 128 Å². The second kappa shape index (κ2) is 5.79. The highest BCUT2D eigenvalue weighted by atomic mass is 16.2. The molecule has 1 N–H and O–H groups in total. The van der Waals surface area contributed by atoms with Gasteiger partial charge >= 0.3 is 0 Å². The van der Waals surface area contributed by atoms with E-state index in [2.05, 4.69) is 14.5 Å². The lowest BCUT2D eigenvalue weighted by atomic mass is 9.98. The van der Waals surface area contributed by atoms with Crippen LogP contribution in [0, 0.1) is 12.8 Å². The van der Waals surface area contributed by atoms with Gasteiger partial charge in [-0.15, -0.1) is 0 Å². The maximum Gasteiger partial charge on any atom is 0.253 e. The molecule has 0 spiro atoms. The van der Waals surface area contributed by atoms with E-state index < -0.39 is 0 Å². The highest BCUT2D eigenvalue weighted by Gasteiger charge is 2.22. The van der Waals surface area contributed by atoms with E-state index in [0.717, 1.165) is 25.2 Å². The Kier molecular flexibility index (Phi) is 3.83. The fourth-order valence-corrected chi connectivity index (χ4v) is 3.08. The average molecular weight is 300 g/mol. The van der Waals surface area contributed by atoms with E-state index in [9.17, 15) is 9.59 Å². The average Bonchev–Trinajstić information content (AvgIpc) is 2.93. The van der Waals surface area contributed by atoms with Gasteiger partial charge in [-0.3, -0.25) is 9.59 Å². The summed E-state index contributed by atoms with van der Waals surface area (Å²) in [7, 11) is 1.79. The van der Waals surface area contributed by atoms with Crippen molar-refractivity contribution in [2.45, 2.75) is 26.3 Å². The summed E-state index contributed by atoms with van der Waals surface area (Å²) in [6.07, 6.45) is 5.79. The van der Waals surface area contributed by atoms with Gasteiger partial charge in [-0.25, -0.2) is 4.98 Å². The van der Waals surface area contributed by atoms with Gasteiger partial charge in [-0.2, -0.15) is 0 Å². The Hall–Kier alpha value is -2.37. The standard InChI is InChI=1S/C16H20N4O2/c1-11-7-13(8-15(21)18-11)16(22)19(2)9-12-3-4-14-17-5-6-20(14)10-12/h5-8,12H,3-4,9-10H2,1-2H3,(H,18,21). The van der Waals surface area contributed by atoms with Crippen molar-refractivity contribution >= 4 is 5.91 Å². The van der Waals surface area contributed by atoms with Crippen LogP contribution in [0.5, 0.6) is 0 Å². The number of hydrogen-bond acceptors (Lipinski definition) is 3. The lowest BCUT2D eigenvalue weighted by molar-refractivity contribution is 0.0760. The Morgan fingerprint density at radius 3 is 3.09 bits per heavy atom. The third-order valence-electron chi connectivity index (χ3n) is 4.14.